The van der Waals surface area contributed by atoms with Crippen molar-refractivity contribution in [1.29, 1.82) is 0 Å². The second kappa shape index (κ2) is 1.36. The van der Waals surface area contributed by atoms with Crippen molar-refractivity contribution in [3.8, 4) is 0 Å². The Labute approximate surface area is 61.1 Å². The molecule has 0 atom stereocenters. The van der Waals surface area contributed by atoms with Crippen molar-refractivity contribution in [3.05, 3.63) is 0 Å². The third-order valence-corrected chi connectivity index (χ3v) is 33.0. The molecule has 0 nitrogen and oxygen atoms in total. The van der Waals surface area contributed by atoms with Crippen molar-refractivity contribution >= 4 is 0 Å². The van der Waals surface area contributed by atoms with Gasteiger partial charge in [0.1, 0.15) is 0 Å². The minimum atomic E-state index is -3.08. The van der Waals surface area contributed by atoms with Gasteiger partial charge in [0, 0.05) is 0 Å². The Hall–Kier alpha value is 0.870. The molecule has 0 aliphatic carbocycles. The SMILES string of the molecule is C[CH2][Hf]([CH3])([CH3])([CH3])([CH3])([CH3])[CH2]C. The Kier molecular flexibility index (Phi) is 1.48. The van der Waals surface area contributed by atoms with Crippen LogP contribution >= 0.6 is 0 Å². The standard InChI is InChI=1S/2C2H5.5CH3.Hf/c2*1-2;;;;;;/h2*1H2,2H3;5*1H3;. The van der Waals surface area contributed by atoms with Crippen LogP contribution in [0.4, 0.5) is 0 Å². The summed E-state index contributed by atoms with van der Waals surface area (Å²) in [6.07, 6.45) is 0. The van der Waals surface area contributed by atoms with Crippen molar-refractivity contribution in [2.24, 2.45) is 0 Å². The van der Waals surface area contributed by atoms with Crippen molar-refractivity contribution in [2.75, 3.05) is 0 Å². The second-order valence-corrected chi connectivity index (χ2v) is 77.7. The third-order valence-electron chi connectivity index (χ3n) is 4.04. The van der Waals surface area contributed by atoms with Gasteiger partial charge in [-0.1, -0.05) is 0 Å². The first-order valence-corrected chi connectivity index (χ1v) is 27.7. The van der Waals surface area contributed by atoms with E-state index in [1.54, 1.807) is 0 Å². The van der Waals surface area contributed by atoms with Crippen LogP contribution in [0.3, 0.4) is 0 Å². The predicted octanol–water partition coefficient (Wildman–Crippen LogP) is 4.86. The fourth-order valence-electron chi connectivity index (χ4n) is 0.250. The van der Waals surface area contributed by atoms with Crippen molar-refractivity contribution in [1.82, 2.24) is 0 Å². The zero-order valence-electron chi connectivity index (χ0n) is 8.91. The molecular formula is C9H25Hf. The molecule has 0 amide bonds. The molecule has 0 saturated carbocycles. The molecule has 0 bridgehead atoms. The van der Waals surface area contributed by atoms with Gasteiger partial charge in [-0.3, -0.25) is 0 Å². The van der Waals surface area contributed by atoms with E-state index in [9.17, 15) is 0 Å². The van der Waals surface area contributed by atoms with E-state index in [-0.39, 0.29) is 0 Å². The van der Waals surface area contributed by atoms with Gasteiger partial charge in [-0.25, -0.2) is 0 Å². The molecule has 0 aliphatic heterocycles. The molecule has 0 fully saturated rings. The molecule has 0 heterocycles. The monoisotopic (exact) mass is 313 g/mol. The first kappa shape index (κ1) is 10.9. The maximum absolute atomic E-state index is 3.08. The number of rotatable bonds is 2. The summed E-state index contributed by atoms with van der Waals surface area (Å²) in [6.45, 7) is 4.71. The molecular weight excluding hydrogens is 287 g/mol. The molecule has 0 aliphatic rings. The van der Waals surface area contributed by atoms with Crippen LogP contribution in [0.15, 0.2) is 0 Å². The van der Waals surface area contributed by atoms with Gasteiger partial charge in [0.2, 0.25) is 0 Å². The molecule has 1 heteroatoms. The summed E-state index contributed by atoms with van der Waals surface area (Å²) in [4.78, 5) is 0. The summed E-state index contributed by atoms with van der Waals surface area (Å²) >= 11 is -3.08. The van der Waals surface area contributed by atoms with Gasteiger partial charge in [-0.2, -0.15) is 0 Å². The molecule has 0 aromatic carbocycles. The number of hydrogen-bond donors (Lipinski definition) is 0. The van der Waals surface area contributed by atoms with Gasteiger partial charge in [0.05, 0.1) is 0 Å². The summed E-state index contributed by atoms with van der Waals surface area (Å²) in [5.74, 6) is 0. The van der Waals surface area contributed by atoms with Gasteiger partial charge in [-0.15, -0.1) is 0 Å². The van der Waals surface area contributed by atoms with E-state index >= 15 is 0 Å². The summed E-state index contributed by atoms with van der Waals surface area (Å²) in [6, 6.07) is 0. The number of hydrogen-bond acceptors (Lipinski definition) is 0. The van der Waals surface area contributed by atoms with Crippen LogP contribution in [-0.4, -0.2) is 0 Å². The van der Waals surface area contributed by atoms with E-state index in [0.29, 0.717) is 0 Å². The quantitative estimate of drug-likeness (QED) is 0.639. The third kappa shape index (κ3) is 3.32. The average molecular weight is 312 g/mol. The Bertz CT molecular complexity index is 144. The van der Waals surface area contributed by atoms with Gasteiger partial charge in [-0.05, 0) is 0 Å². The molecule has 0 N–H and O–H groups in total. The molecule has 0 saturated heterocycles. The van der Waals surface area contributed by atoms with E-state index < -0.39 is 15.6 Å². The molecule has 0 aromatic heterocycles. The topological polar surface area (TPSA) is 0 Å². The zero-order chi connectivity index (χ0) is 8.79. The molecule has 10 heavy (non-hydrogen) atoms. The molecule has 0 unspecified atom stereocenters. The first-order chi connectivity index (χ1) is 3.84. The average Bonchev–Trinajstić information content (AvgIpc) is 1.66. The minimum absolute atomic E-state index is 1.39. The Morgan fingerprint density at radius 1 is 0.700 bits per heavy atom. The summed E-state index contributed by atoms with van der Waals surface area (Å²) < 4.78 is 15.6. The zero-order valence-corrected chi connectivity index (χ0v) is 12.5. The predicted molar refractivity (Wildman–Crippen MR) is 50.3 cm³/mol. The fraction of sp³-hybridized carbons (Fsp3) is 1.00. The van der Waals surface area contributed by atoms with E-state index in [2.05, 4.69) is 37.2 Å². The Morgan fingerprint density at radius 2 is 0.900 bits per heavy atom. The molecule has 0 rings (SSSR count). The van der Waals surface area contributed by atoms with Gasteiger partial charge >= 0.3 is 61.2 Å². The van der Waals surface area contributed by atoms with E-state index in [1.165, 1.54) is 8.35 Å². The van der Waals surface area contributed by atoms with E-state index in [4.69, 9.17) is 0 Å². The van der Waals surface area contributed by atoms with Crippen molar-refractivity contribution < 1.29 is 15.6 Å². The molecule has 0 spiro atoms. The summed E-state index contributed by atoms with van der Waals surface area (Å²) in [5.41, 5.74) is 0. The van der Waals surface area contributed by atoms with Crippen LogP contribution in [0.25, 0.3) is 0 Å². The van der Waals surface area contributed by atoms with Gasteiger partial charge < -0.3 is 0 Å². The molecule has 0 aromatic rings. The van der Waals surface area contributed by atoms with Crippen LogP contribution < -0.4 is 0 Å². The van der Waals surface area contributed by atoms with Crippen LogP contribution in [0.2, 0.25) is 31.8 Å². The summed E-state index contributed by atoms with van der Waals surface area (Å²) in [5, 5.41) is 0. The van der Waals surface area contributed by atoms with Crippen LogP contribution in [0, 0.1) is 0 Å². The molecule has 0 radical (unpaired) electrons. The van der Waals surface area contributed by atoms with E-state index in [0.717, 1.165) is 0 Å². The Morgan fingerprint density at radius 3 is 0.900 bits per heavy atom. The van der Waals surface area contributed by atoms with Gasteiger partial charge in [0.25, 0.3) is 0 Å². The van der Waals surface area contributed by atoms with Crippen LogP contribution in [-0.2, 0) is 15.6 Å². The van der Waals surface area contributed by atoms with E-state index in [1.807, 2.05) is 0 Å². The molecule has 65 valence electrons. The maximum atomic E-state index is 2.56. The van der Waals surface area contributed by atoms with Crippen molar-refractivity contribution in [3.63, 3.8) is 0 Å². The summed E-state index contributed by atoms with van der Waals surface area (Å²) in [7, 11) is 0. The first-order valence-electron chi connectivity index (χ1n) is 4.62. The van der Waals surface area contributed by atoms with Crippen LogP contribution in [0.1, 0.15) is 13.8 Å². The van der Waals surface area contributed by atoms with Gasteiger partial charge in [0.15, 0.2) is 0 Å². The normalized spacial score (nSPS) is 24.1. The Balaban J connectivity index is 5.30. The second-order valence-electron chi connectivity index (χ2n) is 9.49. The van der Waals surface area contributed by atoms with Crippen LogP contribution in [0.5, 0.6) is 0 Å². The van der Waals surface area contributed by atoms with Crippen molar-refractivity contribution in [2.45, 2.75) is 45.6 Å². The fourth-order valence-corrected chi connectivity index (χ4v) is 2.05.